The number of carbonyl (C=O) groups is 1. The molecular formula is C8H16N2O4. The van der Waals surface area contributed by atoms with Crippen LogP contribution in [0.25, 0.3) is 0 Å². The van der Waals surface area contributed by atoms with Crippen molar-refractivity contribution >= 4 is 5.91 Å². The summed E-state index contributed by atoms with van der Waals surface area (Å²) in [6, 6.07) is -0.765. The van der Waals surface area contributed by atoms with E-state index in [0.29, 0.717) is 0 Å². The van der Waals surface area contributed by atoms with Gasteiger partial charge in [0.05, 0.1) is 12.1 Å². The highest BCUT2D eigenvalue weighted by molar-refractivity contribution is 5.73. The zero-order valence-electron chi connectivity index (χ0n) is 8.18. The standard InChI is InChI=1S/C8H16N2O4/c1-3-6(12)7(13)5(8(9)14-3)10-4(2)11/h3,5-8,12-13H,9H2,1-2H3,(H,10,11)/t3-,5-,6-,7-,8-/m1/s1. The Bertz CT molecular complexity index is 223. The second-order valence-corrected chi connectivity index (χ2v) is 3.51. The van der Waals surface area contributed by atoms with Gasteiger partial charge in [0.25, 0.3) is 0 Å². The van der Waals surface area contributed by atoms with Gasteiger partial charge in [-0.2, -0.15) is 0 Å². The van der Waals surface area contributed by atoms with Crippen LogP contribution in [0, 0.1) is 0 Å². The van der Waals surface area contributed by atoms with Gasteiger partial charge < -0.3 is 26.0 Å². The number of nitrogens with two attached hydrogens (primary N) is 1. The fourth-order valence-electron chi connectivity index (χ4n) is 1.50. The maximum absolute atomic E-state index is 10.8. The fraction of sp³-hybridized carbons (Fsp3) is 0.875. The van der Waals surface area contributed by atoms with Crippen molar-refractivity contribution in [2.45, 2.75) is 44.4 Å². The van der Waals surface area contributed by atoms with Gasteiger partial charge >= 0.3 is 0 Å². The maximum atomic E-state index is 10.8. The van der Waals surface area contributed by atoms with E-state index in [1.54, 1.807) is 6.92 Å². The first kappa shape index (κ1) is 11.4. The first-order valence-electron chi connectivity index (χ1n) is 4.47. The molecule has 14 heavy (non-hydrogen) atoms. The lowest BCUT2D eigenvalue weighted by molar-refractivity contribution is -0.178. The molecule has 5 N–H and O–H groups in total. The number of ether oxygens (including phenoxy) is 1. The molecule has 0 saturated carbocycles. The van der Waals surface area contributed by atoms with Crippen LogP contribution in [0.3, 0.4) is 0 Å². The van der Waals surface area contributed by atoms with Crippen LogP contribution in [-0.4, -0.2) is 46.7 Å². The van der Waals surface area contributed by atoms with Gasteiger partial charge in [-0.15, -0.1) is 0 Å². The molecule has 1 saturated heterocycles. The van der Waals surface area contributed by atoms with E-state index in [2.05, 4.69) is 5.32 Å². The molecule has 1 rings (SSSR count). The summed E-state index contributed by atoms with van der Waals surface area (Å²) >= 11 is 0. The monoisotopic (exact) mass is 204 g/mol. The van der Waals surface area contributed by atoms with Crippen LogP contribution in [0.15, 0.2) is 0 Å². The van der Waals surface area contributed by atoms with Gasteiger partial charge in [-0.1, -0.05) is 0 Å². The molecule has 0 unspecified atom stereocenters. The van der Waals surface area contributed by atoms with Crippen molar-refractivity contribution in [3.8, 4) is 0 Å². The Labute approximate surface area is 82.0 Å². The first-order valence-corrected chi connectivity index (χ1v) is 4.47. The number of amides is 1. The minimum absolute atomic E-state index is 0.324. The number of rotatable bonds is 1. The van der Waals surface area contributed by atoms with Crippen molar-refractivity contribution < 1.29 is 19.7 Å². The van der Waals surface area contributed by atoms with Crippen LogP contribution in [0.1, 0.15) is 13.8 Å². The molecule has 1 amide bonds. The van der Waals surface area contributed by atoms with Crippen molar-refractivity contribution in [1.29, 1.82) is 0 Å². The lowest BCUT2D eigenvalue weighted by Crippen LogP contribution is -2.65. The smallest absolute Gasteiger partial charge is 0.217 e. The Balaban J connectivity index is 2.68. The van der Waals surface area contributed by atoms with Gasteiger partial charge in [0.2, 0.25) is 5.91 Å². The number of aliphatic hydroxyl groups excluding tert-OH is 2. The van der Waals surface area contributed by atoms with E-state index < -0.39 is 30.6 Å². The molecule has 5 atom stereocenters. The van der Waals surface area contributed by atoms with E-state index in [4.69, 9.17) is 10.5 Å². The Morgan fingerprint density at radius 2 is 2.00 bits per heavy atom. The Hall–Kier alpha value is -0.690. The van der Waals surface area contributed by atoms with Gasteiger partial charge in [-0.3, -0.25) is 4.79 Å². The summed E-state index contributed by atoms with van der Waals surface area (Å²) in [7, 11) is 0. The maximum Gasteiger partial charge on any atom is 0.217 e. The van der Waals surface area contributed by atoms with Gasteiger partial charge in [0.15, 0.2) is 0 Å². The molecule has 1 heterocycles. The predicted molar refractivity (Wildman–Crippen MR) is 48.1 cm³/mol. The molecule has 1 aliphatic heterocycles. The van der Waals surface area contributed by atoms with Crippen molar-refractivity contribution in [1.82, 2.24) is 5.32 Å². The molecule has 0 radical (unpaired) electrons. The van der Waals surface area contributed by atoms with Gasteiger partial charge in [0.1, 0.15) is 18.4 Å². The average molecular weight is 204 g/mol. The topological polar surface area (TPSA) is 105 Å². The molecular weight excluding hydrogens is 188 g/mol. The molecule has 0 aliphatic carbocycles. The van der Waals surface area contributed by atoms with E-state index in [1.807, 2.05) is 0 Å². The number of nitrogens with one attached hydrogen (secondary N) is 1. The normalized spacial score (nSPS) is 43.4. The second-order valence-electron chi connectivity index (χ2n) is 3.51. The minimum atomic E-state index is -1.10. The zero-order valence-corrected chi connectivity index (χ0v) is 8.18. The summed E-state index contributed by atoms with van der Waals surface area (Å²) in [5, 5.41) is 21.5. The van der Waals surface area contributed by atoms with Crippen molar-refractivity contribution in [3.63, 3.8) is 0 Å². The quantitative estimate of drug-likeness (QED) is 0.392. The van der Waals surface area contributed by atoms with Crippen LogP contribution >= 0.6 is 0 Å². The molecule has 0 aromatic heterocycles. The zero-order chi connectivity index (χ0) is 10.9. The van der Waals surface area contributed by atoms with Gasteiger partial charge in [-0.05, 0) is 6.92 Å². The summed E-state index contributed by atoms with van der Waals surface area (Å²) in [5.41, 5.74) is 5.56. The lowest BCUT2D eigenvalue weighted by atomic mass is 9.97. The van der Waals surface area contributed by atoms with Crippen LogP contribution in [-0.2, 0) is 9.53 Å². The Kier molecular flexibility index (Phi) is 3.43. The number of carbonyl (C=O) groups excluding carboxylic acids is 1. The fourth-order valence-corrected chi connectivity index (χ4v) is 1.50. The van der Waals surface area contributed by atoms with Crippen LogP contribution in [0.2, 0.25) is 0 Å². The molecule has 0 aromatic carbocycles. The van der Waals surface area contributed by atoms with Crippen molar-refractivity contribution in [2.24, 2.45) is 5.73 Å². The largest absolute Gasteiger partial charge is 0.388 e. The third-order valence-corrected chi connectivity index (χ3v) is 2.29. The van der Waals surface area contributed by atoms with E-state index in [9.17, 15) is 15.0 Å². The van der Waals surface area contributed by atoms with E-state index in [0.717, 1.165) is 0 Å². The van der Waals surface area contributed by atoms with E-state index in [-0.39, 0.29) is 5.91 Å². The lowest BCUT2D eigenvalue weighted by Gasteiger charge is -2.40. The summed E-state index contributed by atoms with van der Waals surface area (Å²) < 4.78 is 5.14. The predicted octanol–water partition coefficient (Wildman–Crippen LogP) is -2.08. The van der Waals surface area contributed by atoms with Crippen LogP contribution in [0.4, 0.5) is 0 Å². The molecule has 1 aliphatic rings. The summed E-state index contributed by atoms with van der Waals surface area (Å²) in [6.07, 6.45) is -3.47. The van der Waals surface area contributed by atoms with Gasteiger partial charge in [0, 0.05) is 6.92 Å². The molecule has 6 heteroatoms. The van der Waals surface area contributed by atoms with Crippen LogP contribution in [0.5, 0.6) is 0 Å². The van der Waals surface area contributed by atoms with Crippen molar-refractivity contribution in [2.75, 3.05) is 0 Å². The first-order chi connectivity index (χ1) is 6.43. The highest BCUT2D eigenvalue weighted by Gasteiger charge is 2.41. The molecule has 1 fully saturated rings. The molecule has 0 bridgehead atoms. The summed E-state index contributed by atoms with van der Waals surface area (Å²) in [5.74, 6) is -0.324. The Morgan fingerprint density at radius 3 is 2.50 bits per heavy atom. The molecule has 82 valence electrons. The van der Waals surface area contributed by atoms with Crippen LogP contribution < -0.4 is 11.1 Å². The Morgan fingerprint density at radius 1 is 1.43 bits per heavy atom. The highest BCUT2D eigenvalue weighted by Crippen LogP contribution is 2.17. The number of hydrogen-bond donors (Lipinski definition) is 4. The third kappa shape index (κ3) is 2.21. The summed E-state index contributed by atoms with van der Waals surface area (Å²) in [4.78, 5) is 10.8. The summed E-state index contributed by atoms with van der Waals surface area (Å²) in [6.45, 7) is 2.92. The molecule has 0 spiro atoms. The van der Waals surface area contributed by atoms with Crippen molar-refractivity contribution in [3.05, 3.63) is 0 Å². The SMILES string of the molecule is CC(=O)N[C@@H]1[C@@H](O)[C@H](O)[C@@H](C)O[C@H]1N. The molecule has 6 nitrogen and oxygen atoms in total. The van der Waals surface area contributed by atoms with E-state index in [1.165, 1.54) is 6.92 Å². The second kappa shape index (κ2) is 4.22. The average Bonchev–Trinajstić information content (AvgIpc) is 2.09. The van der Waals surface area contributed by atoms with Gasteiger partial charge in [-0.25, -0.2) is 0 Å². The van der Waals surface area contributed by atoms with E-state index >= 15 is 0 Å². The molecule has 0 aromatic rings. The minimum Gasteiger partial charge on any atom is -0.388 e. The number of aliphatic hydroxyl groups is 2. The highest BCUT2D eigenvalue weighted by atomic mass is 16.5. The third-order valence-electron chi connectivity index (χ3n) is 2.29. The number of hydrogen-bond acceptors (Lipinski definition) is 5.